The lowest BCUT2D eigenvalue weighted by Gasteiger charge is -2.14. The highest BCUT2D eigenvalue weighted by molar-refractivity contribution is 5.90. The molecule has 0 aliphatic carbocycles. The van der Waals surface area contributed by atoms with Crippen LogP contribution < -0.4 is 4.74 Å². The number of aromatic nitrogens is 4. The number of hydrogen-bond acceptors (Lipinski definition) is 4. The molecule has 0 radical (unpaired) electrons. The molecule has 1 aromatic carbocycles. The van der Waals surface area contributed by atoms with Crippen LogP contribution in [0.4, 0.5) is 0 Å². The average molecular weight is 449 g/mol. The van der Waals surface area contributed by atoms with E-state index in [1.54, 1.807) is 7.11 Å². The van der Waals surface area contributed by atoms with Crippen LogP contribution in [0, 0.1) is 27.7 Å². The van der Waals surface area contributed by atoms with Crippen molar-refractivity contribution in [3.63, 3.8) is 0 Å². The number of ether oxygens (including phenoxy) is 2. The third-order valence-electron chi connectivity index (χ3n) is 6.32. The molecule has 4 aromatic rings. The highest BCUT2D eigenvalue weighted by Gasteiger charge is 2.22. The average Bonchev–Trinajstić information content (AvgIpc) is 3.26. The number of fused-ring (bicyclic) bond motifs is 3. The zero-order valence-corrected chi connectivity index (χ0v) is 21.2. The van der Waals surface area contributed by atoms with Crippen molar-refractivity contribution >= 4 is 16.7 Å². The monoisotopic (exact) mass is 448 g/mol. The zero-order chi connectivity index (χ0) is 23.9. The summed E-state index contributed by atoms with van der Waals surface area (Å²) in [5.41, 5.74) is 9.94. The van der Waals surface area contributed by atoms with E-state index in [9.17, 15) is 0 Å². The van der Waals surface area contributed by atoms with Gasteiger partial charge in [0, 0.05) is 17.6 Å². The molecule has 0 saturated carbocycles. The van der Waals surface area contributed by atoms with Gasteiger partial charge in [0.2, 0.25) is 0 Å². The normalized spacial score (nSPS) is 11.9. The molecule has 4 rings (SSSR count). The summed E-state index contributed by atoms with van der Waals surface area (Å²) in [4.78, 5) is 5.07. The molecule has 6 nitrogen and oxygen atoms in total. The van der Waals surface area contributed by atoms with Gasteiger partial charge in [-0.25, -0.2) is 4.98 Å². The van der Waals surface area contributed by atoms with E-state index >= 15 is 0 Å². The maximum Gasteiger partial charge on any atom is 0.165 e. The molecule has 0 aliphatic rings. The first-order chi connectivity index (χ1) is 15.8. The first-order valence-corrected chi connectivity index (χ1v) is 11.9. The predicted molar refractivity (Wildman–Crippen MR) is 135 cm³/mol. The second-order valence-electron chi connectivity index (χ2n) is 9.22. The van der Waals surface area contributed by atoms with Crippen LogP contribution in [0.5, 0.6) is 5.75 Å². The van der Waals surface area contributed by atoms with Gasteiger partial charge in [-0.05, 0) is 82.9 Å². The van der Waals surface area contributed by atoms with Crippen LogP contribution >= 0.6 is 0 Å². The molecule has 33 heavy (non-hydrogen) atoms. The maximum absolute atomic E-state index is 5.91. The lowest BCUT2D eigenvalue weighted by atomic mass is 9.95. The Morgan fingerprint density at radius 1 is 0.970 bits per heavy atom. The summed E-state index contributed by atoms with van der Waals surface area (Å²) >= 11 is 0. The Bertz CT molecular complexity index is 1290. The largest absolute Gasteiger partial charge is 0.497 e. The molecule has 0 spiro atoms. The number of rotatable bonds is 8. The van der Waals surface area contributed by atoms with Gasteiger partial charge in [0.05, 0.1) is 36.8 Å². The molecule has 176 valence electrons. The molecule has 0 saturated heterocycles. The second-order valence-corrected chi connectivity index (χ2v) is 9.22. The van der Waals surface area contributed by atoms with Crippen LogP contribution in [0.3, 0.4) is 0 Å². The third kappa shape index (κ3) is 4.12. The molecule has 0 bridgehead atoms. The molecule has 6 heteroatoms. The third-order valence-corrected chi connectivity index (χ3v) is 6.32. The number of aryl methyl sites for hydroxylation is 5. The molecule has 0 N–H and O–H groups in total. The van der Waals surface area contributed by atoms with Crippen LogP contribution in [0.25, 0.3) is 27.8 Å². The Labute approximate surface area is 196 Å². The van der Waals surface area contributed by atoms with Crippen molar-refractivity contribution in [3.8, 4) is 16.9 Å². The van der Waals surface area contributed by atoms with Crippen molar-refractivity contribution in [3.05, 3.63) is 46.4 Å². The summed E-state index contributed by atoms with van der Waals surface area (Å²) in [5.74, 6) is 0.873. The molecule has 0 amide bonds. The first kappa shape index (κ1) is 23.3. The van der Waals surface area contributed by atoms with Crippen molar-refractivity contribution in [2.75, 3.05) is 13.7 Å². The van der Waals surface area contributed by atoms with Crippen molar-refractivity contribution in [2.45, 2.75) is 74.0 Å². The molecular formula is C27H36N4O2. The smallest absolute Gasteiger partial charge is 0.165 e. The minimum Gasteiger partial charge on any atom is -0.497 e. The molecular weight excluding hydrogens is 412 g/mol. The Balaban J connectivity index is 1.99. The first-order valence-electron chi connectivity index (χ1n) is 11.9. The molecule has 0 fully saturated rings. The summed E-state index contributed by atoms with van der Waals surface area (Å²) < 4.78 is 15.8. The highest BCUT2D eigenvalue weighted by atomic mass is 16.5. The summed E-state index contributed by atoms with van der Waals surface area (Å²) in [7, 11) is 1.71. The number of nitrogens with zero attached hydrogens (tertiary/aromatic N) is 4. The van der Waals surface area contributed by atoms with Gasteiger partial charge in [-0.15, -0.1) is 0 Å². The van der Waals surface area contributed by atoms with E-state index in [0.717, 1.165) is 69.9 Å². The summed E-state index contributed by atoms with van der Waals surface area (Å²) in [6.07, 6.45) is 2.32. The van der Waals surface area contributed by atoms with Crippen molar-refractivity contribution in [1.82, 2.24) is 19.2 Å². The van der Waals surface area contributed by atoms with Crippen molar-refractivity contribution < 1.29 is 9.47 Å². The van der Waals surface area contributed by atoms with E-state index in [-0.39, 0.29) is 6.10 Å². The van der Waals surface area contributed by atoms with Gasteiger partial charge in [0.25, 0.3) is 0 Å². The second kappa shape index (κ2) is 9.18. The van der Waals surface area contributed by atoms with Crippen molar-refractivity contribution in [1.29, 1.82) is 0 Å². The van der Waals surface area contributed by atoms with Crippen LogP contribution in [0.2, 0.25) is 0 Å². The molecule has 0 aliphatic heterocycles. The summed E-state index contributed by atoms with van der Waals surface area (Å²) in [6.45, 7) is 16.3. The van der Waals surface area contributed by atoms with E-state index < -0.39 is 0 Å². The fraction of sp³-hybridized carbons (Fsp3) is 0.481. The van der Waals surface area contributed by atoms with Crippen LogP contribution in [-0.2, 0) is 17.7 Å². The molecule has 0 unspecified atom stereocenters. The topological polar surface area (TPSA) is 53.6 Å². The molecule has 3 aromatic heterocycles. The van der Waals surface area contributed by atoms with Gasteiger partial charge >= 0.3 is 0 Å². The molecule has 0 atom stereocenters. The molecule has 3 heterocycles. The van der Waals surface area contributed by atoms with Gasteiger partial charge in [-0.3, -0.25) is 0 Å². The SMILES string of the molecule is CCCc1cc2c(C)nc3c(-c4c(C)cc(OC)cc4C)c(C)nn3c2n1CCOC(C)C. The Kier molecular flexibility index (Phi) is 6.48. The predicted octanol–water partition coefficient (Wildman–Crippen LogP) is 5.97. The van der Waals surface area contributed by atoms with Crippen LogP contribution in [0.1, 0.15) is 55.4 Å². The van der Waals surface area contributed by atoms with Gasteiger partial charge in [0.15, 0.2) is 5.65 Å². The minimum atomic E-state index is 0.212. The zero-order valence-electron chi connectivity index (χ0n) is 21.2. The van der Waals surface area contributed by atoms with Crippen molar-refractivity contribution in [2.24, 2.45) is 0 Å². The van der Waals surface area contributed by atoms with Crippen LogP contribution in [-0.4, -0.2) is 39.0 Å². The quantitative estimate of drug-likeness (QED) is 0.333. The minimum absolute atomic E-state index is 0.212. The van der Waals surface area contributed by atoms with Gasteiger partial charge in [-0.2, -0.15) is 9.61 Å². The lowest BCUT2D eigenvalue weighted by molar-refractivity contribution is 0.0729. The lowest BCUT2D eigenvalue weighted by Crippen LogP contribution is -2.14. The van der Waals surface area contributed by atoms with Gasteiger partial charge in [0.1, 0.15) is 11.4 Å². The van der Waals surface area contributed by atoms with E-state index in [4.69, 9.17) is 19.6 Å². The highest BCUT2D eigenvalue weighted by Crippen LogP contribution is 2.37. The fourth-order valence-electron chi connectivity index (χ4n) is 4.89. The summed E-state index contributed by atoms with van der Waals surface area (Å²) in [5, 5.41) is 6.18. The van der Waals surface area contributed by atoms with Gasteiger partial charge in [-0.1, -0.05) is 13.3 Å². The van der Waals surface area contributed by atoms with E-state index in [1.807, 2.05) is 4.52 Å². The number of benzene rings is 1. The number of hydrogen-bond donors (Lipinski definition) is 0. The van der Waals surface area contributed by atoms with E-state index in [1.165, 1.54) is 11.3 Å². The van der Waals surface area contributed by atoms with E-state index in [0.29, 0.717) is 6.61 Å². The maximum atomic E-state index is 5.91. The number of methoxy groups -OCH3 is 1. The van der Waals surface area contributed by atoms with E-state index in [2.05, 4.69) is 71.2 Å². The standard InChI is InChI=1S/C27H36N4O2/c1-9-10-21-15-23-19(6)28-26-25(24-17(4)13-22(32-8)14-18(24)5)20(7)29-31(26)27(23)30(21)11-12-33-16(2)3/h13-16H,9-12H2,1-8H3. The van der Waals surface area contributed by atoms with Gasteiger partial charge < -0.3 is 14.0 Å². The summed E-state index contributed by atoms with van der Waals surface area (Å²) in [6, 6.07) is 6.46. The fourth-order valence-corrected chi connectivity index (χ4v) is 4.89. The Morgan fingerprint density at radius 3 is 2.27 bits per heavy atom. The van der Waals surface area contributed by atoms with Crippen LogP contribution in [0.15, 0.2) is 18.2 Å². The Hall–Kier alpha value is -2.86. The Morgan fingerprint density at radius 2 is 1.67 bits per heavy atom.